The minimum absolute atomic E-state index is 0.0618. The molecule has 2 atom stereocenters. The second-order valence-corrected chi connectivity index (χ2v) is 9.54. The summed E-state index contributed by atoms with van der Waals surface area (Å²) in [7, 11) is 0. The van der Waals surface area contributed by atoms with E-state index >= 15 is 4.39 Å². The van der Waals surface area contributed by atoms with Crippen LogP contribution in [0.4, 0.5) is 9.18 Å². The van der Waals surface area contributed by atoms with Gasteiger partial charge in [-0.15, -0.1) is 0 Å². The lowest BCUT2D eigenvalue weighted by Crippen LogP contribution is -2.52. The number of hydrogen-bond acceptors (Lipinski definition) is 6. The number of rotatable bonds is 5. The molecule has 0 spiro atoms. The van der Waals surface area contributed by atoms with Crippen LogP contribution in [0.5, 0.6) is 0 Å². The topological polar surface area (TPSA) is 120 Å². The van der Waals surface area contributed by atoms with Gasteiger partial charge in [0.05, 0.1) is 12.0 Å². The molecular formula is C24H27FN5O5+. The molecule has 5 rings (SSSR count). The van der Waals surface area contributed by atoms with Gasteiger partial charge in [0.2, 0.25) is 11.8 Å². The number of hydrazone groups is 1. The number of ether oxygens (including phenoxy) is 1. The van der Waals surface area contributed by atoms with Gasteiger partial charge in [-0.3, -0.25) is 19.7 Å². The van der Waals surface area contributed by atoms with Gasteiger partial charge in [-0.05, 0) is 23.5 Å². The third kappa shape index (κ3) is 4.54. The molecule has 2 unspecified atom stereocenters. The number of benzene rings is 1. The maximum Gasteiger partial charge on any atom is 0.407 e. The smallest absolute Gasteiger partial charge is 0.407 e. The van der Waals surface area contributed by atoms with E-state index in [1.165, 1.54) is 16.7 Å². The summed E-state index contributed by atoms with van der Waals surface area (Å²) < 4.78 is 22.4. The fourth-order valence-corrected chi connectivity index (χ4v) is 5.03. The summed E-state index contributed by atoms with van der Waals surface area (Å²) >= 11 is 0. The van der Waals surface area contributed by atoms with Gasteiger partial charge in [0.1, 0.15) is 24.2 Å². The second-order valence-electron chi connectivity index (χ2n) is 9.54. The highest BCUT2D eigenvalue weighted by Crippen LogP contribution is 2.30. The number of fused-ring (bicyclic) bond motifs is 1. The van der Waals surface area contributed by atoms with E-state index in [4.69, 9.17) is 4.74 Å². The Hall–Kier alpha value is -3.63. The fourth-order valence-electron chi connectivity index (χ4n) is 5.03. The predicted octanol–water partition coefficient (Wildman–Crippen LogP) is 1.46. The van der Waals surface area contributed by atoms with Crippen molar-refractivity contribution in [3.05, 3.63) is 34.6 Å². The van der Waals surface area contributed by atoms with Crippen LogP contribution in [0.2, 0.25) is 0 Å². The summed E-state index contributed by atoms with van der Waals surface area (Å²) in [6.07, 6.45) is 2.46. The van der Waals surface area contributed by atoms with E-state index < -0.39 is 29.8 Å². The van der Waals surface area contributed by atoms with Crippen LogP contribution in [-0.2, 0) is 27.4 Å². The number of alkyl carbamates (subject to hydrolysis) is 1. The molecular weight excluding hydrogens is 457 g/mol. The Bertz CT molecular complexity index is 1190. The molecule has 4 amide bonds. The Balaban J connectivity index is 1.16. The Morgan fingerprint density at radius 3 is 2.91 bits per heavy atom. The molecule has 1 saturated heterocycles. The van der Waals surface area contributed by atoms with Crippen LogP contribution in [0.15, 0.2) is 17.2 Å². The SMILES string of the molecule is CC1CCC2=[N+](C1)N=C(COC(=O)NCc1ccc3c(c1F)C(=O)N(C1CCC(=O)NC1=O)C3)C2. The molecule has 1 aromatic carbocycles. The van der Waals surface area contributed by atoms with Crippen molar-refractivity contribution in [1.29, 1.82) is 0 Å². The molecule has 0 saturated carbocycles. The molecule has 10 nitrogen and oxygen atoms in total. The zero-order valence-corrected chi connectivity index (χ0v) is 19.4. The summed E-state index contributed by atoms with van der Waals surface area (Å²) in [5, 5.41) is 9.27. The summed E-state index contributed by atoms with van der Waals surface area (Å²) in [5.74, 6) is -1.69. The number of piperidine rings is 1. The van der Waals surface area contributed by atoms with Crippen molar-refractivity contribution in [2.75, 3.05) is 13.2 Å². The minimum Gasteiger partial charge on any atom is -0.443 e. The summed E-state index contributed by atoms with van der Waals surface area (Å²) in [6.45, 7) is 3.06. The number of imide groups is 1. The largest absolute Gasteiger partial charge is 0.443 e. The van der Waals surface area contributed by atoms with Crippen LogP contribution in [0.1, 0.15) is 60.5 Å². The first-order chi connectivity index (χ1) is 16.8. The first-order valence-electron chi connectivity index (χ1n) is 11.8. The highest BCUT2D eigenvalue weighted by Gasteiger charge is 2.41. The van der Waals surface area contributed by atoms with Crippen LogP contribution in [-0.4, -0.2) is 64.0 Å². The number of nitrogens with zero attached hydrogens (tertiary/aromatic N) is 3. The average Bonchev–Trinajstić information content (AvgIpc) is 3.37. The van der Waals surface area contributed by atoms with Crippen LogP contribution >= 0.6 is 0 Å². The van der Waals surface area contributed by atoms with Crippen LogP contribution in [0.25, 0.3) is 0 Å². The molecule has 35 heavy (non-hydrogen) atoms. The summed E-state index contributed by atoms with van der Waals surface area (Å²) in [4.78, 5) is 50.0. The van der Waals surface area contributed by atoms with E-state index in [0.717, 1.165) is 25.1 Å². The maximum absolute atomic E-state index is 15.2. The number of hydrogen-bond donors (Lipinski definition) is 2. The molecule has 0 aromatic heterocycles. The van der Waals surface area contributed by atoms with Crippen molar-refractivity contribution in [3.8, 4) is 0 Å². The quantitative estimate of drug-likeness (QED) is 0.484. The number of nitrogens with one attached hydrogen (secondary N) is 2. The van der Waals surface area contributed by atoms with Gasteiger partial charge in [-0.1, -0.05) is 23.7 Å². The van der Waals surface area contributed by atoms with Gasteiger partial charge in [0, 0.05) is 37.4 Å². The lowest BCUT2D eigenvalue weighted by Gasteiger charge is -2.29. The van der Waals surface area contributed by atoms with Crippen molar-refractivity contribution in [2.45, 2.75) is 58.2 Å². The number of halogens is 1. The maximum atomic E-state index is 15.2. The van der Waals surface area contributed by atoms with Crippen molar-refractivity contribution >= 4 is 35.2 Å². The Kier molecular flexibility index (Phi) is 6.08. The lowest BCUT2D eigenvalue weighted by molar-refractivity contribution is -0.542. The van der Waals surface area contributed by atoms with Crippen LogP contribution < -0.4 is 10.6 Å². The van der Waals surface area contributed by atoms with Gasteiger partial charge >= 0.3 is 6.09 Å². The van der Waals surface area contributed by atoms with Crippen LogP contribution in [0.3, 0.4) is 0 Å². The van der Waals surface area contributed by atoms with Crippen LogP contribution in [0, 0.1) is 11.7 Å². The van der Waals surface area contributed by atoms with E-state index in [1.54, 1.807) is 6.07 Å². The van der Waals surface area contributed by atoms with E-state index in [9.17, 15) is 19.2 Å². The molecule has 4 heterocycles. The van der Waals surface area contributed by atoms with Gasteiger partial charge < -0.3 is 15.0 Å². The first-order valence-corrected chi connectivity index (χ1v) is 11.8. The molecule has 2 N–H and O–H groups in total. The molecule has 0 aliphatic carbocycles. The van der Waals surface area contributed by atoms with E-state index in [1.807, 2.05) is 4.68 Å². The van der Waals surface area contributed by atoms with Crippen molar-refractivity contribution in [2.24, 2.45) is 11.0 Å². The lowest BCUT2D eigenvalue weighted by atomic mass is 9.98. The van der Waals surface area contributed by atoms with Gasteiger partial charge in [0.15, 0.2) is 12.3 Å². The van der Waals surface area contributed by atoms with Crippen molar-refractivity contribution in [1.82, 2.24) is 15.5 Å². The molecule has 0 radical (unpaired) electrons. The normalized spacial score (nSPS) is 23.7. The molecule has 4 aliphatic heterocycles. The van der Waals surface area contributed by atoms with Gasteiger partial charge in [-0.2, -0.15) is 0 Å². The Morgan fingerprint density at radius 2 is 2.11 bits per heavy atom. The highest BCUT2D eigenvalue weighted by atomic mass is 19.1. The second kappa shape index (κ2) is 9.20. The van der Waals surface area contributed by atoms with E-state index in [2.05, 4.69) is 22.7 Å². The van der Waals surface area contributed by atoms with Crippen molar-refractivity contribution in [3.63, 3.8) is 0 Å². The number of carbonyl (C=O) groups excluding carboxylic acids is 4. The monoisotopic (exact) mass is 484 g/mol. The third-order valence-electron chi connectivity index (χ3n) is 6.95. The molecule has 4 aliphatic rings. The molecule has 1 fully saturated rings. The zero-order chi connectivity index (χ0) is 24.7. The minimum atomic E-state index is -0.816. The standard InChI is InChI=1S/C24H26FN5O5/c1-13-2-5-17-8-16(28-30(17)10-13)12-35-24(34)26-9-14-3-4-15-11-29(23(33)20(15)21(14)25)18-6-7-19(31)27-22(18)32/h3-4,13,18H,2,5-12H2,1H3,(H-,26,27,31,32,34)/p+1. The number of amides is 4. The van der Waals surface area contributed by atoms with Gasteiger partial charge in [-0.25, -0.2) is 9.18 Å². The highest BCUT2D eigenvalue weighted by molar-refractivity contribution is 6.06. The third-order valence-corrected chi connectivity index (χ3v) is 6.95. The molecule has 1 aromatic rings. The Labute approximate surface area is 201 Å². The summed E-state index contributed by atoms with van der Waals surface area (Å²) in [5.41, 5.74) is 2.53. The summed E-state index contributed by atoms with van der Waals surface area (Å²) in [6, 6.07) is 2.31. The number of carbonyl (C=O) groups is 4. The first kappa shape index (κ1) is 23.1. The molecule has 184 valence electrons. The van der Waals surface area contributed by atoms with Crippen molar-refractivity contribution < 1.29 is 33.0 Å². The van der Waals surface area contributed by atoms with E-state index in [-0.39, 0.29) is 49.6 Å². The predicted molar refractivity (Wildman–Crippen MR) is 121 cm³/mol. The molecule has 0 bridgehead atoms. The fraction of sp³-hybridized carbons (Fsp3) is 0.500. The average molecular weight is 485 g/mol. The Morgan fingerprint density at radius 1 is 1.29 bits per heavy atom. The van der Waals surface area contributed by atoms with E-state index in [0.29, 0.717) is 17.9 Å². The molecule has 11 heteroatoms. The van der Waals surface area contributed by atoms with Gasteiger partial charge in [0.25, 0.3) is 5.91 Å². The zero-order valence-electron chi connectivity index (χ0n) is 19.4.